The summed E-state index contributed by atoms with van der Waals surface area (Å²) in [4.78, 5) is 23.1. The van der Waals surface area contributed by atoms with Crippen LogP contribution in [0.1, 0.15) is 36.7 Å². The zero-order chi connectivity index (χ0) is 19.5. The summed E-state index contributed by atoms with van der Waals surface area (Å²) in [6.07, 6.45) is 1.93. The van der Waals surface area contributed by atoms with Gasteiger partial charge in [0.2, 0.25) is 0 Å². The second-order valence-corrected chi connectivity index (χ2v) is 7.39. The SMILES string of the molecule is CC(C)c1ccc(C=C(C(=O)N2CCOCC2)c2nc3ccccc3[nH]2)cc1. The molecule has 1 aromatic heterocycles. The van der Waals surface area contributed by atoms with Gasteiger partial charge in [0.1, 0.15) is 5.82 Å². The highest BCUT2D eigenvalue weighted by Gasteiger charge is 2.24. The number of H-pyrrole nitrogens is 1. The van der Waals surface area contributed by atoms with Crippen LogP contribution in [0.2, 0.25) is 0 Å². The molecular formula is C23H25N3O2. The van der Waals surface area contributed by atoms with E-state index in [0.29, 0.717) is 43.6 Å². The Bertz CT molecular complexity index is 963. The highest BCUT2D eigenvalue weighted by molar-refractivity contribution is 6.23. The number of morpholine rings is 1. The summed E-state index contributed by atoms with van der Waals surface area (Å²) in [5.41, 5.74) is 4.63. The Morgan fingerprint density at radius 3 is 2.50 bits per heavy atom. The van der Waals surface area contributed by atoms with Gasteiger partial charge in [-0.25, -0.2) is 4.98 Å². The largest absolute Gasteiger partial charge is 0.378 e. The number of hydrogen-bond donors (Lipinski definition) is 1. The third-order valence-corrected chi connectivity index (χ3v) is 5.09. The minimum atomic E-state index is -0.0182. The lowest BCUT2D eigenvalue weighted by Crippen LogP contribution is -2.41. The highest BCUT2D eigenvalue weighted by Crippen LogP contribution is 2.23. The molecule has 1 N–H and O–H groups in total. The Labute approximate surface area is 165 Å². The molecule has 2 aromatic carbocycles. The first kappa shape index (κ1) is 18.4. The van der Waals surface area contributed by atoms with Crippen LogP contribution in [0.5, 0.6) is 0 Å². The summed E-state index contributed by atoms with van der Waals surface area (Å²) in [6, 6.07) is 16.2. The average molecular weight is 375 g/mol. The molecule has 0 atom stereocenters. The standard InChI is InChI=1S/C23H25N3O2/c1-16(2)18-9-7-17(8-10-18)15-19(23(27)26-11-13-28-14-12-26)22-24-20-5-3-4-6-21(20)25-22/h3-10,15-16H,11-14H2,1-2H3,(H,24,25). The van der Waals surface area contributed by atoms with Gasteiger partial charge in [0.15, 0.2) is 0 Å². The summed E-state index contributed by atoms with van der Waals surface area (Å²) in [5.74, 6) is 1.06. The second kappa shape index (κ2) is 7.98. The third-order valence-electron chi connectivity index (χ3n) is 5.09. The van der Waals surface area contributed by atoms with E-state index in [-0.39, 0.29) is 5.91 Å². The number of nitrogens with one attached hydrogen (secondary N) is 1. The maximum absolute atomic E-state index is 13.3. The normalized spacial score (nSPS) is 15.4. The van der Waals surface area contributed by atoms with Crippen molar-refractivity contribution in [3.8, 4) is 0 Å². The molecule has 4 rings (SSSR count). The van der Waals surface area contributed by atoms with Crippen LogP contribution >= 0.6 is 0 Å². The Morgan fingerprint density at radius 2 is 1.82 bits per heavy atom. The van der Waals surface area contributed by atoms with E-state index in [1.165, 1.54) is 5.56 Å². The number of carbonyl (C=O) groups is 1. The number of amides is 1. The van der Waals surface area contributed by atoms with E-state index in [9.17, 15) is 4.79 Å². The van der Waals surface area contributed by atoms with Crippen LogP contribution in [0.3, 0.4) is 0 Å². The van der Waals surface area contributed by atoms with Crippen LogP contribution in [-0.4, -0.2) is 47.1 Å². The van der Waals surface area contributed by atoms with Crippen molar-refractivity contribution < 1.29 is 9.53 Å². The van der Waals surface area contributed by atoms with Crippen LogP contribution in [-0.2, 0) is 9.53 Å². The van der Waals surface area contributed by atoms with Crippen molar-refractivity contribution in [2.24, 2.45) is 0 Å². The Balaban J connectivity index is 1.74. The van der Waals surface area contributed by atoms with E-state index in [1.807, 2.05) is 35.2 Å². The number of imidazole rings is 1. The van der Waals surface area contributed by atoms with Crippen molar-refractivity contribution in [3.05, 3.63) is 65.5 Å². The predicted molar refractivity (Wildman–Crippen MR) is 112 cm³/mol. The minimum Gasteiger partial charge on any atom is -0.378 e. The van der Waals surface area contributed by atoms with E-state index in [1.54, 1.807) is 0 Å². The van der Waals surface area contributed by atoms with Crippen LogP contribution in [0.15, 0.2) is 48.5 Å². The summed E-state index contributed by atoms with van der Waals surface area (Å²) < 4.78 is 5.40. The number of aromatic amines is 1. The molecule has 2 heterocycles. The number of ether oxygens (including phenoxy) is 1. The molecule has 0 radical (unpaired) electrons. The molecule has 28 heavy (non-hydrogen) atoms. The smallest absolute Gasteiger partial charge is 0.257 e. The molecule has 0 bridgehead atoms. The number of carbonyl (C=O) groups excluding carboxylic acids is 1. The van der Waals surface area contributed by atoms with Crippen LogP contribution in [0.4, 0.5) is 0 Å². The van der Waals surface area contributed by atoms with E-state index >= 15 is 0 Å². The molecule has 1 aliphatic rings. The topological polar surface area (TPSA) is 58.2 Å². The van der Waals surface area contributed by atoms with Gasteiger partial charge < -0.3 is 14.6 Å². The van der Waals surface area contributed by atoms with Gasteiger partial charge in [0, 0.05) is 13.1 Å². The number of para-hydroxylation sites is 2. The number of rotatable bonds is 4. The molecule has 1 amide bonds. The van der Waals surface area contributed by atoms with Crippen molar-refractivity contribution in [2.45, 2.75) is 19.8 Å². The summed E-state index contributed by atoms with van der Waals surface area (Å²) in [6.45, 7) is 6.69. The number of hydrogen-bond acceptors (Lipinski definition) is 3. The van der Waals surface area contributed by atoms with Crippen molar-refractivity contribution in [3.63, 3.8) is 0 Å². The second-order valence-electron chi connectivity index (χ2n) is 7.39. The zero-order valence-electron chi connectivity index (χ0n) is 16.3. The van der Waals surface area contributed by atoms with Gasteiger partial charge in [-0.05, 0) is 35.3 Å². The van der Waals surface area contributed by atoms with Gasteiger partial charge in [-0.3, -0.25) is 4.79 Å². The Morgan fingerprint density at radius 1 is 1.11 bits per heavy atom. The highest BCUT2D eigenvalue weighted by atomic mass is 16.5. The lowest BCUT2D eigenvalue weighted by molar-refractivity contribution is -0.128. The number of fused-ring (bicyclic) bond motifs is 1. The lowest BCUT2D eigenvalue weighted by Gasteiger charge is -2.27. The first-order chi connectivity index (χ1) is 13.6. The fraction of sp³-hybridized carbons (Fsp3) is 0.304. The van der Waals surface area contributed by atoms with E-state index in [0.717, 1.165) is 16.6 Å². The van der Waals surface area contributed by atoms with Crippen LogP contribution < -0.4 is 0 Å². The van der Waals surface area contributed by atoms with Gasteiger partial charge >= 0.3 is 0 Å². The van der Waals surface area contributed by atoms with Crippen molar-refractivity contribution in [1.82, 2.24) is 14.9 Å². The molecule has 5 heteroatoms. The molecule has 5 nitrogen and oxygen atoms in total. The minimum absolute atomic E-state index is 0.0182. The van der Waals surface area contributed by atoms with E-state index < -0.39 is 0 Å². The predicted octanol–water partition coefficient (Wildman–Crippen LogP) is 4.09. The fourth-order valence-electron chi connectivity index (χ4n) is 3.39. The number of nitrogens with zero attached hydrogens (tertiary/aromatic N) is 2. The molecule has 0 saturated carbocycles. The van der Waals surface area contributed by atoms with Gasteiger partial charge in [0.05, 0.1) is 29.8 Å². The molecular weight excluding hydrogens is 350 g/mol. The van der Waals surface area contributed by atoms with Gasteiger partial charge in [-0.1, -0.05) is 50.2 Å². The lowest BCUT2D eigenvalue weighted by atomic mass is 10.0. The molecule has 3 aromatic rings. The fourth-order valence-corrected chi connectivity index (χ4v) is 3.39. The maximum atomic E-state index is 13.3. The van der Waals surface area contributed by atoms with Gasteiger partial charge in [-0.15, -0.1) is 0 Å². The zero-order valence-corrected chi connectivity index (χ0v) is 16.3. The monoisotopic (exact) mass is 375 g/mol. The first-order valence-electron chi connectivity index (χ1n) is 9.75. The van der Waals surface area contributed by atoms with Crippen molar-refractivity contribution in [2.75, 3.05) is 26.3 Å². The van der Waals surface area contributed by atoms with Gasteiger partial charge in [-0.2, -0.15) is 0 Å². The molecule has 0 aliphatic carbocycles. The molecule has 0 unspecified atom stereocenters. The van der Waals surface area contributed by atoms with Gasteiger partial charge in [0.25, 0.3) is 5.91 Å². The average Bonchev–Trinajstić information content (AvgIpc) is 3.16. The van der Waals surface area contributed by atoms with Crippen LogP contribution in [0, 0.1) is 0 Å². The third kappa shape index (κ3) is 3.85. The Kier molecular flexibility index (Phi) is 5.26. The number of aromatic nitrogens is 2. The quantitative estimate of drug-likeness (QED) is 0.699. The molecule has 1 saturated heterocycles. The van der Waals surface area contributed by atoms with Crippen molar-refractivity contribution >= 4 is 28.6 Å². The molecule has 1 aliphatic heterocycles. The summed E-state index contributed by atoms with van der Waals surface area (Å²) in [5, 5.41) is 0. The molecule has 0 spiro atoms. The summed E-state index contributed by atoms with van der Waals surface area (Å²) in [7, 11) is 0. The Hall–Kier alpha value is -2.92. The molecule has 144 valence electrons. The summed E-state index contributed by atoms with van der Waals surface area (Å²) >= 11 is 0. The van der Waals surface area contributed by atoms with E-state index in [4.69, 9.17) is 4.74 Å². The van der Waals surface area contributed by atoms with Crippen LogP contribution in [0.25, 0.3) is 22.7 Å². The van der Waals surface area contributed by atoms with Crippen molar-refractivity contribution in [1.29, 1.82) is 0 Å². The molecule has 1 fully saturated rings. The van der Waals surface area contributed by atoms with E-state index in [2.05, 4.69) is 48.1 Å². The maximum Gasteiger partial charge on any atom is 0.257 e. The first-order valence-corrected chi connectivity index (χ1v) is 9.75. The number of benzene rings is 2.